The number of aromatic nitrogens is 4. The predicted octanol–water partition coefficient (Wildman–Crippen LogP) is 4.53. The zero-order valence-electron chi connectivity index (χ0n) is 14.2. The van der Waals surface area contributed by atoms with Crippen LogP contribution >= 0.6 is 11.6 Å². The van der Waals surface area contributed by atoms with E-state index in [2.05, 4.69) is 27.4 Å². The summed E-state index contributed by atoms with van der Waals surface area (Å²) in [7, 11) is 0. The van der Waals surface area contributed by atoms with Crippen LogP contribution in [0.15, 0.2) is 65.2 Å². The maximum absolute atomic E-state index is 6.04. The van der Waals surface area contributed by atoms with Crippen molar-refractivity contribution >= 4 is 11.6 Å². The van der Waals surface area contributed by atoms with Crippen LogP contribution in [0.2, 0.25) is 5.02 Å². The number of halogens is 1. The lowest BCUT2D eigenvalue weighted by atomic mass is 10.1. The van der Waals surface area contributed by atoms with Crippen LogP contribution in [0.4, 0.5) is 0 Å². The summed E-state index contributed by atoms with van der Waals surface area (Å²) < 4.78 is 13.3. The van der Waals surface area contributed by atoms with Gasteiger partial charge in [0.25, 0.3) is 5.89 Å². The molecule has 0 bridgehead atoms. The van der Waals surface area contributed by atoms with E-state index in [0.29, 0.717) is 35.6 Å². The second-order valence-electron chi connectivity index (χ2n) is 6.35. The van der Waals surface area contributed by atoms with Gasteiger partial charge in [-0.25, -0.2) is 0 Å². The Kier molecular flexibility index (Phi) is 3.99. The van der Waals surface area contributed by atoms with E-state index >= 15 is 0 Å². The average Bonchev–Trinajstić information content (AvgIpc) is 3.35. The maximum Gasteiger partial charge on any atom is 0.278 e. The van der Waals surface area contributed by atoms with E-state index in [0.717, 1.165) is 16.8 Å². The molecule has 0 amide bonds. The van der Waals surface area contributed by atoms with Crippen LogP contribution in [0.25, 0.3) is 23.0 Å². The molecule has 5 rings (SSSR count). The Morgan fingerprint density at radius 2 is 1.93 bits per heavy atom. The first kappa shape index (κ1) is 16.2. The molecule has 4 aromatic rings. The van der Waals surface area contributed by atoms with Crippen LogP contribution in [0.5, 0.6) is 0 Å². The summed E-state index contributed by atoms with van der Waals surface area (Å²) in [6.07, 6.45) is -0.0174. The summed E-state index contributed by atoms with van der Waals surface area (Å²) in [5.74, 6) is 0.861. The SMILES string of the molecule is Clc1cccc(-c2noc(-c3cc4n(n3)C[C@H](c3ccccc3)OC4)n2)c1. The second-order valence-corrected chi connectivity index (χ2v) is 6.78. The molecule has 2 aromatic carbocycles. The van der Waals surface area contributed by atoms with Gasteiger partial charge in [0.2, 0.25) is 5.82 Å². The normalized spacial score (nSPS) is 16.3. The third-order valence-electron chi connectivity index (χ3n) is 4.53. The van der Waals surface area contributed by atoms with Crippen LogP contribution in [0.3, 0.4) is 0 Å². The summed E-state index contributed by atoms with van der Waals surface area (Å²) in [4.78, 5) is 4.46. The lowest BCUT2D eigenvalue weighted by Crippen LogP contribution is -2.21. The minimum atomic E-state index is -0.0174. The minimum Gasteiger partial charge on any atom is -0.365 e. The number of hydrogen-bond donors (Lipinski definition) is 0. The van der Waals surface area contributed by atoms with Crippen molar-refractivity contribution in [1.82, 2.24) is 19.9 Å². The van der Waals surface area contributed by atoms with Crippen molar-refractivity contribution < 1.29 is 9.26 Å². The summed E-state index contributed by atoms with van der Waals surface area (Å²) in [5.41, 5.74) is 3.57. The van der Waals surface area contributed by atoms with E-state index in [-0.39, 0.29) is 6.10 Å². The molecule has 0 saturated heterocycles. The molecule has 0 unspecified atom stereocenters. The molecule has 0 saturated carbocycles. The molecule has 1 aliphatic rings. The summed E-state index contributed by atoms with van der Waals surface area (Å²) >= 11 is 6.04. The minimum absolute atomic E-state index is 0.0174. The Bertz CT molecular complexity index is 1090. The van der Waals surface area contributed by atoms with E-state index in [4.69, 9.17) is 20.9 Å². The number of fused-ring (bicyclic) bond motifs is 1. The van der Waals surface area contributed by atoms with Crippen LogP contribution in [0.1, 0.15) is 17.4 Å². The summed E-state index contributed by atoms with van der Waals surface area (Å²) in [6.45, 7) is 1.14. The molecule has 6 nitrogen and oxygen atoms in total. The van der Waals surface area contributed by atoms with Gasteiger partial charge in [-0.15, -0.1) is 0 Å². The van der Waals surface area contributed by atoms with Crippen LogP contribution < -0.4 is 0 Å². The Morgan fingerprint density at radius 3 is 2.78 bits per heavy atom. The lowest BCUT2D eigenvalue weighted by Gasteiger charge is -2.24. The maximum atomic E-state index is 6.04. The van der Waals surface area contributed by atoms with Crippen molar-refractivity contribution in [3.63, 3.8) is 0 Å². The fourth-order valence-corrected chi connectivity index (χ4v) is 3.36. The molecule has 0 aliphatic carbocycles. The fourth-order valence-electron chi connectivity index (χ4n) is 3.17. The van der Waals surface area contributed by atoms with Gasteiger partial charge < -0.3 is 9.26 Å². The first-order valence-corrected chi connectivity index (χ1v) is 8.97. The average molecular weight is 379 g/mol. The van der Waals surface area contributed by atoms with E-state index in [1.165, 1.54) is 0 Å². The standard InChI is InChI=1S/C20H15ClN4O2/c21-15-8-4-7-14(9-15)19-22-20(27-24-19)17-10-16-12-26-18(11-25(16)23-17)13-5-2-1-3-6-13/h1-10,18H,11-12H2/t18-/m1/s1. The van der Waals surface area contributed by atoms with E-state index in [1.807, 2.05) is 41.1 Å². The van der Waals surface area contributed by atoms with Crippen LogP contribution in [0, 0.1) is 0 Å². The van der Waals surface area contributed by atoms with E-state index in [1.54, 1.807) is 12.1 Å². The van der Waals surface area contributed by atoms with Crippen molar-refractivity contribution in [1.29, 1.82) is 0 Å². The molecule has 134 valence electrons. The molecule has 27 heavy (non-hydrogen) atoms. The molecule has 0 radical (unpaired) electrons. The van der Waals surface area contributed by atoms with Gasteiger partial charge in [0.1, 0.15) is 6.10 Å². The second kappa shape index (κ2) is 6.64. The van der Waals surface area contributed by atoms with Gasteiger partial charge >= 0.3 is 0 Å². The number of hydrogen-bond acceptors (Lipinski definition) is 5. The molecule has 1 aliphatic heterocycles. The molecule has 3 heterocycles. The van der Waals surface area contributed by atoms with Crippen molar-refractivity contribution in [3.8, 4) is 23.0 Å². The Labute approximate surface area is 160 Å². The van der Waals surface area contributed by atoms with Gasteiger partial charge in [-0.2, -0.15) is 10.1 Å². The van der Waals surface area contributed by atoms with Crippen LogP contribution in [-0.2, 0) is 17.9 Å². The molecule has 1 atom stereocenters. The van der Waals surface area contributed by atoms with Gasteiger partial charge in [0, 0.05) is 10.6 Å². The number of rotatable bonds is 3. The van der Waals surface area contributed by atoms with Gasteiger partial charge in [0.05, 0.1) is 18.8 Å². The third-order valence-corrected chi connectivity index (χ3v) is 4.77. The highest BCUT2D eigenvalue weighted by atomic mass is 35.5. The fraction of sp³-hybridized carbons (Fsp3) is 0.150. The first-order chi connectivity index (χ1) is 13.3. The third kappa shape index (κ3) is 3.13. The van der Waals surface area contributed by atoms with Gasteiger partial charge in [0.15, 0.2) is 5.69 Å². The molecule has 0 fully saturated rings. The largest absolute Gasteiger partial charge is 0.365 e. The predicted molar refractivity (Wildman–Crippen MR) is 99.9 cm³/mol. The zero-order valence-corrected chi connectivity index (χ0v) is 15.0. The summed E-state index contributed by atoms with van der Waals surface area (Å²) in [5, 5.41) is 9.31. The van der Waals surface area contributed by atoms with E-state index in [9.17, 15) is 0 Å². The molecule has 7 heteroatoms. The lowest BCUT2D eigenvalue weighted by molar-refractivity contribution is -0.00113. The Hall–Kier alpha value is -2.96. The van der Waals surface area contributed by atoms with E-state index < -0.39 is 0 Å². The van der Waals surface area contributed by atoms with Crippen LogP contribution in [-0.4, -0.2) is 19.9 Å². The smallest absolute Gasteiger partial charge is 0.278 e. The Balaban J connectivity index is 1.41. The molecule has 2 aromatic heterocycles. The van der Waals surface area contributed by atoms with Gasteiger partial charge in [-0.05, 0) is 23.8 Å². The number of ether oxygens (including phenoxy) is 1. The number of benzene rings is 2. The van der Waals surface area contributed by atoms with Crippen molar-refractivity contribution in [3.05, 3.63) is 76.9 Å². The molecule has 0 N–H and O–H groups in total. The molecule has 0 spiro atoms. The zero-order chi connectivity index (χ0) is 18.2. The highest BCUT2D eigenvalue weighted by molar-refractivity contribution is 6.30. The topological polar surface area (TPSA) is 66.0 Å². The van der Waals surface area contributed by atoms with Crippen molar-refractivity contribution in [2.45, 2.75) is 19.3 Å². The summed E-state index contributed by atoms with van der Waals surface area (Å²) in [6, 6.07) is 19.4. The molecular weight excluding hydrogens is 364 g/mol. The van der Waals surface area contributed by atoms with Gasteiger partial charge in [-0.3, -0.25) is 4.68 Å². The number of nitrogens with zero attached hydrogens (tertiary/aromatic N) is 4. The molecular formula is C20H15ClN4O2. The van der Waals surface area contributed by atoms with Crippen molar-refractivity contribution in [2.75, 3.05) is 0 Å². The monoisotopic (exact) mass is 378 g/mol. The highest BCUT2D eigenvalue weighted by Gasteiger charge is 2.24. The highest BCUT2D eigenvalue weighted by Crippen LogP contribution is 2.29. The van der Waals surface area contributed by atoms with Crippen molar-refractivity contribution in [2.24, 2.45) is 0 Å². The van der Waals surface area contributed by atoms with Gasteiger partial charge in [-0.1, -0.05) is 59.2 Å². The first-order valence-electron chi connectivity index (χ1n) is 8.59. The quantitative estimate of drug-likeness (QED) is 0.524. The Morgan fingerprint density at radius 1 is 1.04 bits per heavy atom.